The van der Waals surface area contributed by atoms with Gasteiger partial charge in [-0.15, -0.1) is 0 Å². The molecule has 0 aromatic heterocycles. The van der Waals surface area contributed by atoms with Gasteiger partial charge in [-0.05, 0) is 37.8 Å². The molecule has 0 radical (unpaired) electrons. The number of benzene rings is 1. The minimum Gasteiger partial charge on any atom is -0.324 e. The predicted molar refractivity (Wildman–Crippen MR) is 84.5 cm³/mol. The molecule has 1 aromatic rings. The van der Waals surface area contributed by atoms with Gasteiger partial charge in [0.15, 0.2) is 0 Å². The summed E-state index contributed by atoms with van der Waals surface area (Å²) in [5, 5.41) is 0. The molecule has 0 bridgehead atoms. The Morgan fingerprint density at radius 2 is 1.75 bits per heavy atom. The van der Waals surface area contributed by atoms with Crippen molar-refractivity contribution in [1.29, 1.82) is 0 Å². The van der Waals surface area contributed by atoms with Gasteiger partial charge >= 0.3 is 0 Å². The van der Waals surface area contributed by atoms with Crippen molar-refractivity contribution in [3.63, 3.8) is 0 Å². The molecular weight excluding hydrogens is 244 g/mol. The molecule has 3 rings (SSSR count). The van der Waals surface area contributed by atoms with E-state index in [1.54, 1.807) is 0 Å². The summed E-state index contributed by atoms with van der Waals surface area (Å²) in [5.41, 5.74) is 8.34. The third-order valence-corrected chi connectivity index (χ3v) is 5.29. The SMILES string of the molecule is NC1(C2CCCCN2Cc2ccccc2)CCCCC1. The zero-order valence-electron chi connectivity index (χ0n) is 12.6. The van der Waals surface area contributed by atoms with E-state index in [0.29, 0.717) is 6.04 Å². The van der Waals surface area contributed by atoms with Crippen molar-refractivity contribution in [3.05, 3.63) is 35.9 Å². The van der Waals surface area contributed by atoms with Crippen LogP contribution in [0.25, 0.3) is 0 Å². The van der Waals surface area contributed by atoms with Gasteiger partial charge in [0, 0.05) is 18.1 Å². The Morgan fingerprint density at radius 3 is 2.50 bits per heavy atom. The zero-order valence-corrected chi connectivity index (χ0v) is 12.6. The second kappa shape index (κ2) is 6.28. The van der Waals surface area contributed by atoms with Crippen LogP contribution in [0.15, 0.2) is 30.3 Å². The maximum absolute atomic E-state index is 6.84. The van der Waals surface area contributed by atoms with Crippen LogP contribution in [0, 0.1) is 0 Å². The van der Waals surface area contributed by atoms with E-state index in [4.69, 9.17) is 5.73 Å². The van der Waals surface area contributed by atoms with Gasteiger partial charge in [-0.25, -0.2) is 0 Å². The van der Waals surface area contributed by atoms with Crippen LogP contribution in [-0.4, -0.2) is 23.0 Å². The molecule has 1 aliphatic heterocycles. The van der Waals surface area contributed by atoms with Gasteiger partial charge in [0.2, 0.25) is 0 Å². The van der Waals surface area contributed by atoms with Crippen molar-refractivity contribution in [2.45, 2.75) is 69.5 Å². The molecule has 1 aromatic carbocycles. The molecule has 0 amide bonds. The molecule has 2 aliphatic rings. The molecule has 1 atom stereocenters. The predicted octanol–water partition coefficient (Wildman–Crippen LogP) is 3.70. The Kier molecular flexibility index (Phi) is 4.42. The van der Waals surface area contributed by atoms with Crippen LogP contribution >= 0.6 is 0 Å². The lowest BCUT2D eigenvalue weighted by atomic mass is 9.73. The van der Waals surface area contributed by atoms with Gasteiger partial charge in [0.05, 0.1) is 0 Å². The number of hydrogen-bond donors (Lipinski definition) is 1. The highest BCUT2D eigenvalue weighted by Gasteiger charge is 2.40. The van der Waals surface area contributed by atoms with Crippen LogP contribution in [0.5, 0.6) is 0 Å². The van der Waals surface area contributed by atoms with Gasteiger partial charge in [0.1, 0.15) is 0 Å². The molecule has 1 heterocycles. The Labute approximate surface area is 123 Å². The number of hydrogen-bond acceptors (Lipinski definition) is 2. The number of nitrogens with zero attached hydrogens (tertiary/aromatic N) is 1. The van der Waals surface area contributed by atoms with Crippen LogP contribution in [-0.2, 0) is 6.54 Å². The van der Waals surface area contributed by atoms with Crippen molar-refractivity contribution in [2.75, 3.05) is 6.54 Å². The van der Waals surface area contributed by atoms with Gasteiger partial charge in [0.25, 0.3) is 0 Å². The van der Waals surface area contributed by atoms with E-state index in [0.717, 1.165) is 6.54 Å². The zero-order chi connectivity index (χ0) is 13.8. The second-order valence-electron chi connectivity index (χ2n) is 6.76. The standard InChI is InChI=1S/C18H28N2/c19-18(12-6-2-7-13-18)17-11-5-8-14-20(17)15-16-9-3-1-4-10-16/h1,3-4,9-10,17H,2,5-8,11-15,19H2. The summed E-state index contributed by atoms with van der Waals surface area (Å²) >= 11 is 0. The smallest absolute Gasteiger partial charge is 0.0312 e. The molecular formula is C18H28N2. The highest BCUT2D eigenvalue weighted by molar-refractivity contribution is 5.15. The fourth-order valence-electron chi connectivity index (χ4n) is 4.19. The molecule has 1 saturated carbocycles. The average molecular weight is 272 g/mol. The van der Waals surface area contributed by atoms with Gasteiger partial charge in [-0.1, -0.05) is 56.0 Å². The molecule has 2 heteroatoms. The van der Waals surface area contributed by atoms with E-state index in [9.17, 15) is 0 Å². The van der Waals surface area contributed by atoms with E-state index in [-0.39, 0.29) is 5.54 Å². The van der Waals surface area contributed by atoms with E-state index < -0.39 is 0 Å². The molecule has 2 fully saturated rings. The Hall–Kier alpha value is -0.860. The normalized spacial score (nSPS) is 27.4. The Bertz CT molecular complexity index is 409. The lowest BCUT2D eigenvalue weighted by Gasteiger charge is -2.48. The number of piperidine rings is 1. The van der Waals surface area contributed by atoms with Gasteiger partial charge < -0.3 is 5.73 Å². The Balaban J connectivity index is 1.73. The molecule has 0 spiro atoms. The van der Waals surface area contributed by atoms with Crippen LogP contribution in [0.3, 0.4) is 0 Å². The summed E-state index contributed by atoms with van der Waals surface area (Å²) < 4.78 is 0. The van der Waals surface area contributed by atoms with Crippen molar-refractivity contribution in [3.8, 4) is 0 Å². The quantitative estimate of drug-likeness (QED) is 0.909. The van der Waals surface area contributed by atoms with Gasteiger partial charge in [-0.2, -0.15) is 0 Å². The maximum Gasteiger partial charge on any atom is 0.0312 e. The first-order valence-corrected chi connectivity index (χ1v) is 8.35. The number of likely N-dealkylation sites (tertiary alicyclic amines) is 1. The van der Waals surface area contributed by atoms with E-state index >= 15 is 0 Å². The van der Waals surface area contributed by atoms with Crippen LogP contribution in [0.2, 0.25) is 0 Å². The van der Waals surface area contributed by atoms with E-state index in [2.05, 4.69) is 35.2 Å². The van der Waals surface area contributed by atoms with E-state index in [1.165, 1.54) is 63.5 Å². The molecule has 1 unspecified atom stereocenters. The largest absolute Gasteiger partial charge is 0.324 e. The average Bonchev–Trinajstić information content (AvgIpc) is 2.49. The highest BCUT2D eigenvalue weighted by Crippen LogP contribution is 2.36. The summed E-state index contributed by atoms with van der Waals surface area (Å²) in [6.07, 6.45) is 10.5. The first-order valence-electron chi connectivity index (χ1n) is 8.35. The molecule has 1 aliphatic carbocycles. The minimum atomic E-state index is 0.0768. The van der Waals surface area contributed by atoms with Crippen molar-refractivity contribution in [1.82, 2.24) is 4.90 Å². The third kappa shape index (κ3) is 3.07. The highest BCUT2D eigenvalue weighted by atomic mass is 15.2. The summed E-state index contributed by atoms with van der Waals surface area (Å²) in [4.78, 5) is 2.67. The Morgan fingerprint density at radius 1 is 1.00 bits per heavy atom. The summed E-state index contributed by atoms with van der Waals surface area (Å²) in [6, 6.07) is 11.5. The van der Waals surface area contributed by atoms with Crippen molar-refractivity contribution >= 4 is 0 Å². The summed E-state index contributed by atoms with van der Waals surface area (Å²) in [5.74, 6) is 0. The molecule has 2 N–H and O–H groups in total. The second-order valence-corrected chi connectivity index (χ2v) is 6.76. The molecule has 2 nitrogen and oxygen atoms in total. The van der Waals surface area contributed by atoms with Crippen LogP contribution in [0.1, 0.15) is 56.9 Å². The molecule has 20 heavy (non-hydrogen) atoms. The lowest BCUT2D eigenvalue weighted by molar-refractivity contribution is 0.0546. The summed E-state index contributed by atoms with van der Waals surface area (Å²) in [7, 11) is 0. The fraction of sp³-hybridized carbons (Fsp3) is 0.667. The maximum atomic E-state index is 6.84. The minimum absolute atomic E-state index is 0.0768. The first-order chi connectivity index (χ1) is 9.78. The molecule has 110 valence electrons. The number of nitrogens with two attached hydrogens (primary N) is 1. The van der Waals surface area contributed by atoms with E-state index in [1.807, 2.05) is 0 Å². The lowest BCUT2D eigenvalue weighted by Crippen LogP contribution is -2.60. The van der Waals surface area contributed by atoms with Gasteiger partial charge in [-0.3, -0.25) is 4.90 Å². The van der Waals surface area contributed by atoms with Crippen LogP contribution in [0.4, 0.5) is 0 Å². The summed E-state index contributed by atoms with van der Waals surface area (Å²) in [6.45, 7) is 2.29. The first kappa shape index (κ1) is 14.1. The van der Waals surface area contributed by atoms with Crippen molar-refractivity contribution < 1.29 is 0 Å². The monoisotopic (exact) mass is 272 g/mol. The topological polar surface area (TPSA) is 29.3 Å². The van der Waals surface area contributed by atoms with Crippen molar-refractivity contribution in [2.24, 2.45) is 5.73 Å². The third-order valence-electron chi connectivity index (χ3n) is 5.29. The number of rotatable bonds is 3. The fourth-order valence-corrected chi connectivity index (χ4v) is 4.19. The molecule has 1 saturated heterocycles. The van der Waals surface area contributed by atoms with Crippen LogP contribution < -0.4 is 5.73 Å².